The Kier molecular flexibility index (Phi) is 4.86. The van der Waals surface area contributed by atoms with Crippen molar-refractivity contribution in [2.75, 3.05) is 18.1 Å². The molecule has 0 bridgehead atoms. The van der Waals surface area contributed by atoms with E-state index in [9.17, 15) is 8.42 Å². The van der Waals surface area contributed by atoms with Gasteiger partial charge in [0.2, 0.25) is 0 Å². The molecule has 1 N–H and O–H groups in total. The summed E-state index contributed by atoms with van der Waals surface area (Å²) < 4.78 is 29.7. The lowest BCUT2D eigenvalue weighted by molar-refractivity contribution is 0.224. The molecule has 0 saturated carbocycles. The zero-order valence-corrected chi connectivity index (χ0v) is 13.3. The minimum absolute atomic E-state index is 0.120. The number of halogens is 1. The Morgan fingerprint density at radius 3 is 2.89 bits per heavy atom. The van der Waals surface area contributed by atoms with Crippen molar-refractivity contribution in [3.05, 3.63) is 28.2 Å². The van der Waals surface area contributed by atoms with E-state index in [1.165, 1.54) is 0 Å². The average Bonchev–Trinajstić information content (AvgIpc) is 2.69. The number of sulfone groups is 1. The summed E-state index contributed by atoms with van der Waals surface area (Å²) in [6, 6.07) is 5.86. The molecule has 1 fully saturated rings. The van der Waals surface area contributed by atoms with Crippen molar-refractivity contribution in [1.29, 1.82) is 0 Å². The van der Waals surface area contributed by atoms with Crippen molar-refractivity contribution in [3.8, 4) is 5.75 Å². The molecule has 4 nitrogen and oxygen atoms in total. The number of ether oxygens (including phenoxy) is 1. The SMILES string of the molecule is CCNCc1cccc(Br)c1OC1CCS(=O)(=O)C1. The summed E-state index contributed by atoms with van der Waals surface area (Å²) in [5.41, 5.74) is 1.04. The Bertz CT molecular complexity index is 545. The van der Waals surface area contributed by atoms with Crippen molar-refractivity contribution in [3.63, 3.8) is 0 Å². The van der Waals surface area contributed by atoms with E-state index < -0.39 is 9.84 Å². The summed E-state index contributed by atoms with van der Waals surface area (Å²) in [5.74, 6) is 1.10. The van der Waals surface area contributed by atoms with E-state index in [-0.39, 0.29) is 17.6 Å². The maximum Gasteiger partial charge on any atom is 0.154 e. The van der Waals surface area contributed by atoms with E-state index >= 15 is 0 Å². The lowest BCUT2D eigenvalue weighted by Crippen LogP contribution is -2.20. The molecule has 6 heteroatoms. The fourth-order valence-corrected chi connectivity index (χ4v) is 4.20. The first-order valence-corrected chi connectivity index (χ1v) is 8.98. The highest BCUT2D eigenvalue weighted by atomic mass is 79.9. The van der Waals surface area contributed by atoms with E-state index in [1.54, 1.807) is 0 Å². The van der Waals surface area contributed by atoms with Gasteiger partial charge >= 0.3 is 0 Å². The molecule has 1 aromatic rings. The molecule has 106 valence electrons. The third kappa shape index (κ3) is 3.94. The zero-order valence-electron chi connectivity index (χ0n) is 10.9. The normalized spacial score (nSPS) is 21.5. The number of hydrogen-bond acceptors (Lipinski definition) is 4. The second kappa shape index (κ2) is 6.24. The van der Waals surface area contributed by atoms with Gasteiger partial charge in [-0.15, -0.1) is 0 Å². The summed E-state index contributed by atoms with van der Waals surface area (Å²) >= 11 is 3.47. The largest absolute Gasteiger partial charge is 0.488 e. The van der Waals surface area contributed by atoms with Gasteiger partial charge in [-0.3, -0.25) is 0 Å². The van der Waals surface area contributed by atoms with E-state index in [0.717, 1.165) is 22.3 Å². The van der Waals surface area contributed by atoms with E-state index in [0.29, 0.717) is 13.0 Å². The van der Waals surface area contributed by atoms with Crippen LogP contribution in [-0.2, 0) is 16.4 Å². The molecular weight excluding hydrogens is 330 g/mol. The van der Waals surface area contributed by atoms with Crippen molar-refractivity contribution >= 4 is 25.8 Å². The predicted molar refractivity (Wildman–Crippen MR) is 79.2 cm³/mol. The fraction of sp³-hybridized carbons (Fsp3) is 0.538. The van der Waals surface area contributed by atoms with Gasteiger partial charge in [0.1, 0.15) is 11.9 Å². The van der Waals surface area contributed by atoms with Crippen LogP contribution in [0.2, 0.25) is 0 Å². The molecule has 0 spiro atoms. The lowest BCUT2D eigenvalue weighted by Gasteiger charge is -2.17. The highest BCUT2D eigenvalue weighted by molar-refractivity contribution is 9.10. The molecule has 1 saturated heterocycles. The first-order valence-electron chi connectivity index (χ1n) is 6.37. The third-order valence-corrected chi connectivity index (χ3v) is 5.45. The number of benzene rings is 1. The molecule has 1 aromatic carbocycles. The van der Waals surface area contributed by atoms with Crippen molar-refractivity contribution < 1.29 is 13.2 Å². The van der Waals surface area contributed by atoms with Crippen LogP contribution in [0.25, 0.3) is 0 Å². The number of rotatable bonds is 5. The quantitative estimate of drug-likeness (QED) is 0.886. The Labute approximate surface area is 122 Å². The Hall–Kier alpha value is -0.590. The molecule has 2 rings (SSSR count). The minimum atomic E-state index is -2.91. The second-order valence-corrected chi connectivity index (χ2v) is 7.73. The van der Waals surface area contributed by atoms with Gasteiger partial charge in [0.05, 0.1) is 16.0 Å². The number of para-hydroxylation sites is 1. The lowest BCUT2D eigenvalue weighted by atomic mass is 10.2. The molecule has 1 atom stereocenters. The number of hydrogen-bond donors (Lipinski definition) is 1. The minimum Gasteiger partial charge on any atom is -0.488 e. The Morgan fingerprint density at radius 1 is 1.47 bits per heavy atom. The third-order valence-electron chi connectivity index (χ3n) is 3.09. The van der Waals surface area contributed by atoms with Crippen molar-refractivity contribution in [1.82, 2.24) is 5.32 Å². The fourth-order valence-electron chi connectivity index (χ4n) is 2.10. The summed E-state index contributed by atoms with van der Waals surface area (Å²) in [5, 5.41) is 3.25. The summed E-state index contributed by atoms with van der Waals surface area (Å²) in [4.78, 5) is 0. The Balaban J connectivity index is 2.15. The zero-order chi connectivity index (χ0) is 13.9. The van der Waals surface area contributed by atoms with Crippen LogP contribution in [0, 0.1) is 0 Å². The number of nitrogens with one attached hydrogen (secondary N) is 1. The summed E-state index contributed by atoms with van der Waals surface area (Å²) in [6.07, 6.45) is 0.341. The van der Waals surface area contributed by atoms with Crippen LogP contribution in [0.4, 0.5) is 0 Å². The smallest absolute Gasteiger partial charge is 0.154 e. The monoisotopic (exact) mass is 347 g/mol. The van der Waals surface area contributed by atoms with Crippen molar-refractivity contribution in [2.24, 2.45) is 0 Å². The molecular formula is C13H18BrNO3S. The van der Waals surface area contributed by atoms with Crippen LogP contribution in [0.15, 0.2) is 22.7 Å². The molecule has 0 aromatic heterocycles. The van der Waals surface area contributed by atoms with Crippen LogP contribution >= 0.6 is 15.9 Å². The van der Waals surface area contributed by atoms with E-state index in [1.807, 2.05) is 25.1 Å². The summed E-state index contributed by atoms with van der Waals surface area (Å²) in [7, 11) is -2.91. The highest BCUT2D eigenvalue weighted by Gasteiger charge is 2.30. The molecule has 0 aliphatic carbocycles. The van der Waals surface area contributed by atoms with Gasteiger partial charge in [-0.1, -0.05) is 19.1 Å². The maximum atomic E-state index is 11.5. The second-order valence-electron chi connectivity index (χ2n) is 4.65. The van der Waals surface area contributed by atoms with E-state index in [4.69, 9.17) is 4.74 Å². The Morgan fingerprint density at radius 2 is 2.26 bits per heavy atom. The molecule has 1 aliphatic heterocycles. The molecule has 1 heterocycles. The topological polar surface area (TPSA) is 55.4 Å². The van der Waals surface area contributed by atoms with E-state index in [2.05, 4.69) is 21.2 Å². The molecule has 1 aliphatic rings. The predicted octanol–water partition coefficient (Wildman–Crippen LogP) is 2.12. The maximum absolute atomic E-state index is 11.5. The van der Waals surface area contributed by atoms with Crippen LogP contribution in [0.3, 0.4) is 0 Å². The molecule has 0 radical (unpaired) electrons. The van der Waals surface area contributed by atoms with Crippen LogP contribution < -0.4 is 10.1 Å². The van der Waals surface area contributed by atoms with Crippen LogP contribution in [0.1, 0.15) is 18.9 Å². The molecule has 1 unspecified atom stereocenters. The van der Waals surface area contributed by atoms with Gasteiger partial charge in [0.15, 0.2) is 9.84 Å². The molecule has 19 heavy (non-hydrogen) atoms. The van der Waals surface area contributed by atoms with Gasteiger partial charge in [0.25, 0.3) is 0 Å². The molecule has 0 amide bonds. The van der Waals surface area contributed by atoms with Gasteiger partial charge in [-0.2, -0.15) is 0 Å². The average molecular weight is 348 g/mol. The first-order chi connectivity index (χ1) is 9.02. The van der Waals surface area contributed by atoms with Gasteiger partial charge < -0.3 is 10.1 Å². The standard InChI is InChI=1S/C13H18BrNO3S/c1-2-15-8-10-4-3-5-12(14)13(10)18-11-6-7-19(16,17)9-11/h3-5,11,15H,2,6-9H2,1H3. The van der Waals surface area contributed by atoms with Gasteiger partial charge in [0, 0.05) is 12.1 Å². The van der Waals surface area contributed by atoms with Crippen LogP contribution in [0.5, 0.6) is 5.75 Å². The van der Waals surface area contributed by atoms with Gasteiger partial charge in [-0.25, -0.2) is 8.42 Å². The van der Waals surface area contributed by atoms with Crippen molar-refractivity contribution in [2.45, 2.75) is 26.0 Å². The first kappa shape index (κ1) is 14.8. The van der Waals surface area contributed by atoms with Crippen LogP contribution in [-0.4, -0.2) is 32.6 Å². The van der Waals surface area contributed by atoms with Gasteiger partial charge in [-0.05, 0) is 35.0 Å². The highest BCUT2D eigenvalue weighted by Crippen LogP contribution is 2.31. The summed E-state index contributed by atoms with van der Waals surface area (Å²) in [6.45, 7) is 3.64.